The average molecular weight is 492 g/mol. The van der Waals surface area contributed by atoms with Crippen molar-refractivity contribution in [2.75, 3.05) is 0 Å². The number of phosphoric ester groups is 1. The predicted octanol–water partition coefficient (Wildman–Crippen LogP) is 2.91. The maximum absolute atomic E-state index is 12.7. The summed E-state index contributed by atoms with van der Waals surface area (Å²) in [5.74, 6) is -1.07. The number of fused-ring (bicyclic) bond motifs is 6. The first-order chi connectivity index (χ1) is 15.5. The third kappa shape index (κ3) is 3.63. The van der Waals surface area contributed by atoms with Crippen molar-refractivity contribution < 1.29 is 50.3 Å². The van der Waals surface area contributed by atoms with Crippen LogP contribution in [0.4, 0.5) is 0 Å². The van der Waals surface area contributed by atoms with Gasteiger partial charge in [0.1, 0.15) is 23.0 Å². The third-order valence-electron chi connectivity index (χ3n) is 5.08. The fourth-order valence-corrected chi connectivity index (χ4v) is 4.74. The number of ether oxygens (including phenoxy) is 2. The molecule has 0 fully saturated rings. The summed E-state index contributed by atoms with van der Waals surface area (Å²) in [5, 5.41) is 0. The average Bonchev–Trinajstić information content (AvgIpc) is 2.99. The van der Waals surface area contributed by atoms with Crippen molar-refractivity contribution in [2.24, 2.45) is 0 Å². The van der Waals surface area contributed by atoms with E-state index < -0.39 is 29.8 Å². The SMILES string of the molecule is O=C1OC2(c3ccc(OP(=O)(O)O)cc3Oc3cc(OS(=O)(=O)O)ccc32)c2ccccc21. The Bertz CT molecular complexity index is 1480. The Hall–Kier alpha value is -3.41. The van der Waals surface area contributed by atoms with Crippen LogP contribution in [0.15, 0.2) is 60.7 Å². The quantitative estimate of drug-likeness (QED) is 0.278. The molecule has 13 heteroatoms. The lowest BCUT2D eigenvalue weighted by molar-refractivity contribution is 0.0224. The number of esters is 1. The molecule has 33 heavy (non-hydrogen) atoms. The van der Waals surface area contributed by atoms with Gasteiger partial charge in [-0.1, -0.05) is 18.2 Å². The summed E-state index contributed by atoms with van der Waals surface area (Å²) in [6, 6.07) is 14.4. The summed E-state index contributed by atoms with van der Waals surface area (Å²) >= 11 is 0. The summed E-state index contributed by atoms with van der Waals surface area (Å²) in [6.45, 7) is 0. The minimum absolute atomic E-state index is 0.0153. The third-order valence-corrected chi connectivity index (χ3v) is 5.93. The van der Waals surface area contributed by atoms with Crippen molar-refractivity contribution >= 4 is 24.2 Å². The lowest BCUT2D eigenvalue weighted by atomic mass is 9.77. The molecule has 11 nitrogen and oxygen atoms in total. The van der Waals surface area contributed by atoms with Crippen molar-refractivity contribution in [3.8, 4) is 23.0 Å². The normalized spacial score (nSPS) is 18.6. The van der Waals surface area contributed by atoms with Gasteiger partial charge in [0.15, 0.2) is 5.60 Å². The van der Waals surface area contributed by atoms with Gasteiger partial charge in [0.2, 0.25) is 0 Å². The van der Waals surface area contributed by atoms with Gasteiger partial charge in [-0.15, -0.1) is 0 Å². The van der Waals surface area contributed by atoms with Gasteiger partial charge in [0.05, 0.1) is 5.56 Å². The minimum Gasteiger partial charge on any atom is -0.456 e. The number of hydrogen-bond donors (Lipinski definition) is 3. The van der Waals surface area contributed by atoms with Gasteiger partial charge in [-0.25, -0.2) is 9.36 Å². The molecule has 5 rings (SSSR count). The zero-order chi connectivity index (χ0) is 23.6. The van der Waals surface area contributed by atoms with E-state index in [4.69, 9.17) is 23.8 Å². The molecule has 0 aliphatic carbocycles. The van der Waals surface area contributed by atoms with Crippen molar-refractivity contribution in [3.05, 3.63) is 82.9 Å². The smallest absolute Gasteiger partial charge is 0.456 e. The minimum atomic E-state index is -4.87. The molecule has 2 aliphatic rings. The Morgan fingerprint density at radius 2 is 1.48 bits per heavy atom. The molecule has 0 saturated carbocycles. The zero-order valence-electron chi connectivity index (χ0n) is 16.2. The van der Waals surface area contributed by atoms with Crippen LogP contribution in [0.2, 0.25) is 0 Å². The maximum atomic E-state index is 12.7. The lowest BCUT2D eigenvalue weighted by Gasteiger charge is -2.36. The van der Waals surface area contributed by atoms with Crippen LogP contribution in [0.1, 0.15) is 27.0 Å². The van der Waals surface area contributed by atoms with Gasteiger partial charge >= 0.3 is 24.2 Å². The van der Waals surface area contributed by atoms with Gasteiger partial charge in [0, 0.05) is 28.8 Å². The maximum Gasteiger partial charge on any atom is 0.524 e. The molecule has 1 spiro atoms. The molecule has 0 radical (unpaired) electrons. The fourth-order valence-electron chi connectivity index (χ4n) is 4.00. The van der Waals surface area contributed by atoms with E-state index in [0.29, 0.717) is 22.3 Å². The van der Waals surface area contributed by atoms with Gasteiger partial charge in [-0.05, 0) is 30.3 Å². The van der Waals surface area contributed by atoms with Gasteiger partial charge in [0.25, 0.3) is 0 Å². The number of benzene rings is 3. The number of phosphoric acid groups is 1. The fraction of sp³-hybridized carbons (Fsp3) is 0.0500. The van der Waals surface area contributed by atoms with Crippen LogP contribution in [-0.4, -0.2) is 28.7 Å². The molecular weight excluding hydrogens is 479 g/mol. The number of hydrogen-bond acceptors (Lipinski definition) is 8. The van der Waals surface area contributed by atoms with Crippen LogP contribution in [0, 0.1) is 0 Å². The Morgan fingerprint density at radius 1 is 0.879 bits per heavy atom. The zero-order valence-corrected chi connectivity index (χ0v) is 17.9. The van der Waals surface area contributed by atoms with Gasteiger partial charge in [-0.3, -0.25) is 14.3 Å². The Morgan fingerprint density at radius 3 is 2.12 bits per heavy atom. The Balaban J connectivity index is 1.75. The second kappa shape index (κ2) is 7.04. The van der Waals surface area contributed by atoms with Crippen molar-refractivity contribution in [1.29, 1.82) is 0 Å². The van der Waals surface area contributed by atoms with Crippen LogP contribution in [-0.2, 0) is 25.3 Å². The standard InChI is InChI=1S/C20H13O11PS/c21-19-13-3-1-2-4-14(13)20(29-19)15-7-5-11(30-32(22,23)24)9-17(15)28-18-10-12(6-8-16(18)20)31-33(25,26)27/h1-10H,(H2,22,23,24)(H,25,26,27). The van der Waals surface area contributed by atoms with E-state index >= 15 is 0 Å². The highest BCUT2D eigenvalue weighted by atomic mass is 32.3. The Labute approximate surface area is 186 Å². The molecule has 1 unspecified atom stereocenters. The second-order valence-corrected chi connectivity index (χ2v) is 9.31. The van der Waals surface area contributed by atoms with Crippen LogP contribution < -0.4 is 13.4 Å². The topological polar surface area (TPSA) is 166 Å². The van der Waals surface area contributed by atoms with Crippen molar-refractivity contribution in [1.82, 2.24) is 0 Å². The van der Waals surface area contributed by atoms with E-state index in [1.54, 1.807) is 24.3 Å². The molecule has 3 aromatic carbocycles. The number of rotatable bonds is 4. The molecule has 3 N–H and O–H groups in total. The molecule has 3 aromatic rings. The molecule has 0 saturated heterocycles. The second-order valence-electron chi connectivity index (χ2n) is 7.13. The molecule has 0 aromatic heterocycles. The molecule has 0 bridgehead atoms. The molecule has 0 amide bonds. The summed E-state index contributed by atoms with van der Waals surface area (Å²) in [6.07, 6.45) is 0. The van der Waals surface area contributed by atoms with Crippen molar-refractivity contribution in [2.45, 2.75) is 5.60 Å². The first kappa shape index (κ1) is 21.4. The van der Waals surface area contributed by atoms with Gasteiger partial charge in [-0.2, -0.15) is 8.42 Å². The number of carbonyl (C=O) groups excluding carboxylic acids is 1. The first-order valence-corrected chi connectivity index (χ1v) is 12.1. The molecule has 170 valence electrons. The molecule has 2 heterocycles. The summed E-state index contributed by atoms with van der Waals surface area (Å²) in [4.78, 5) is 31.0. The molecular formula is C20H13O11PS. The van der Waals surface area contributed by atoms with Crippen LogP contribution in [0.25, 0.3) is 0 Å². The first-order valence-electron chi connectivity index (χ1n) is 9.18. The highest BCUT2D eigenvalue weighted by molar-refractivity contribution is 7.81. The van der Waals surface area contributed by atoms with E-state index in [2.05, 4.69) is 8.71 Å². The van der Waals surface area contributed by atoms with Crippen LogP contribution >= 0.6 is 7.82 Å². The highest BCUT2D eigenvalue weighted by Crippen LogP contribution is 2.57. The van der Waals surface area contributed by atoms with E-state index in [0.717, 1.165) is 0 Å². The molecule has 1 atom stereocenters. The van der Waals surface area contributed by atoms with E-state index in [1.165, 1.54) is 36.4 Å². The van der Waals surface area contributed by atoms with E-state index in [1.807, 2.05) is 0 Å². The largest absolute Gasteiger partial charge is 0.524 e. The van der Waals surface area contributed by atoms with Crippen LogP contribution in [0.3, 0.4) is 0 Å². The monoisotopic (exact) mass is 492 g/mol. The Kier molecular flexibility index (Phi) is 4.57. The number of carbonyl (C=O) groups is 1. The van der Waals surface area contributed by atoms with E-state index in [-0.39, 0.29) is 23.0 Å². The van der Waals surface area contributed by atoms with Crippen LogP contribution in [0.5, 0.6) is 23.0 Å². The predicted molar refractivity (Wildman–Crippen MR) is 110 cm³/mol. The lowest BCUT2D eigenvalue weighted by Crippen LogP contribution is -2.33. The summed E-state index contributed by atoms with van der Waals surface area (Å²) in [5.41, 5.74) is -0.0547. The highest BCUT2D eigenvalue weighted by Gasteiger charge is 2.53. The summed E-state index contributed by atoms with van der Waals surface area (Å²) < 4.78 is 63.4. The molecule has 2 aliphatic heterocycles. The van der Waals surface area contributed by atoms with Crippen molar-refractivity contribution in [3.63, 3.8) is 0 Å². The summed E-state index contributed by atoms with van der Waals surface area (Å²) in [7, 11) is -9.70. The van der Waals surface area contributed by atoms with Gasteiger partial charge < -0.3 is 18.2 Å². The van der Waals surface area contributed by atoms with E-state index in [9.17, 15) is 17.8 Å².